The molecule has 0 aliphatic heterocycles. The highest BCUT2D eigenvalue weighted by molar-refractivity contribution is 6.09. The van der Waals surface area contributed by atoms with Crippen LogP contribution in [0.2, 0.25) is 0 Å². The molecule has 0 saturated heterocycles. The molecule has 0 radical (unpaired) electrons. The smallest absolute Gasteiger partial charge is 0.252 e. The zero-order valence-corrected chi connectivity index (χ0v) is 17.5. The molecule has 29 heavy (non-hydrogen) atoms. The van der Waals surface area contributed by atoms with Crippen molar-refractivity contribution in [3.05, 3.63) is 65.2 Å². The highest BCUT2D eigenvalue weighted by Crippen LogP contribution is 2.30. The van der Waals surface area contributed by atoms with Crippen LogP contribution in [0.4, 0.5) is 0 Å². The maximum absolute atomic E-state index is 13.4. The zero-order valence-electron chi connectivity index (χ0n) is 17.5. The Balaban J connectivity index is 1.74. The minimum absolute atomic E-state index is 0.0417. The van der Waals surface area contributed by atoms with Gasteiger partial charge in [-0.05, 0) is 38.3 Å². The van der Waals surface area contributed by atoms with Gasteiger partial charge in [0.2, 0.25) is 0 Å². The van der Waals surface area contributed by atoms with Crippen molar-refractivity contribution in [1.29, 1.82) is 0 Å². The van der Waals surface area contributed by atoms with Crippen LogP contribution in [0.3, 0.4) is 0 Å². The predicted molar refractivity (Wildman–Crippen MR) is 120 cm³/mol. The van der Waals surface area contributed by atoms with Crippen molar-refractivity contribution in [3.63, 3.8) is 0 Å². The van der Waals surface area contributed by atoms with E-state index in [1.54, 1.807) is 0 Å². The van der Waals surface area contributed by atoms with Gasteiger partial charge >= 0.3 is 0 Å². The second kappa shape index (κ2) is 8.77. The number of para-hydroxylation sites is 1. The van der Waals surface area contributed by atoms with Crippen molar-refractivity contribution < 1.29 is 4.79 Å². The van der Waals surface area contributed by atoms with Crippen LogP contribution in [-0.4, -0.2) is 16.9 Å². The number of hydrogen-bond acceptors (Lipinski definition) is 2. The van der Waals surface area contributed by atoms with Crippen LogP contribution in [0.1, 0.15) is 66.4 Å². The molecule has 1 heterocycles. The summed E-state index contributed by atoms with van der Waals surface area (Å²) < 4.78 is 0. The summed E-state index contributed by atoms with van der Waals surface area (Å²) in [5, 5.41) is 4.29. The van der Waals surface area contributed by atoms with E-state index in [4.69, 9.17) is 4.98 Å². The second-order valence-electron chi connectivity index (χ2n) is 8.36. The fourth-order valence-corrected chi connectivity index (χ4v) is 4.45. The Kier molecular flexibility index (Phi) is 5.94. The van der Waals surface area contributed by atoms with Gasteiger partial charge in [-0.3, -0.25) is 4.79 Å². The minimum atomic E-state index is 0.0417. The normalized spacial score (nSPS) is 15.7. The van der Waals surface area contributed by atoms with Crippen LogP contribution in [0.5, 0.6) is 0 Å². The average molecular weight is 387 g/mol. The molecule has 0 bridgehead atoms. The second-order valence-corrected chi connectivity index (χ2v) is 8.36. The Labute approximate surface area is 173 Å². The average Bonchev–Trinajstić information content (AvgIpc) is 2.70. The number of carbonyl (C=O) groups is 1. The van der Waals surface area contributed by atoms with E-state index < -0.39 is 0 Å². The van der Waals surface area contributed by atoms with Crippen LogP contribution in [0.15, 0.2) is 48.5 Å². The van der Waals surface area contributed by atoms with Gasteiger partial charge in [0.25, 0.3) is 5.91 Å². The van der Waals surface area contributed by atoms with E-state index in [1.165, 1.54) is 37.7 Å². The Morgan fingerprint density at radius 1 is 0.897 bits per heavy atom. The summed E-state index contributed by atoms with van der Waals surface area (Å²) in [6, 6.07) is 16.6. The van der Waals surface area contributed by atoms with Crippen LogP contribution in [-0.2, 0) is 0 Å². The van der Waals surface area contributed by atoms with Crippen molar-refractivity contribution in [2.24, 2.45) is 0 Å². The molecule has 150 valence electrons. The summed E-state index contributed by atoms with van der Waals surface area (Å²) in [5.41, 5.74) is 5.76. The van der Waals surface area contributed by atoms with Crippen LogP contribution >= 0.6 is 0 Å². The monoisotopic (exact) mass is 386 g/mol. The van der Waals surface area contributed by atoms with Crippen LogP contribution in [0.25, 0.3) is 22.2 Å². The van der Waals surface area contributed by atoms with Crippen molar-refractivity contribution >= 4 is 16.8 Å². The number of nitrogens with zero attached hydrogens (tertiary/aromatic N) is 1. The lowest BCUT2D eigenvalue weighted by Crippen LogP contribution is -2.35. The number of hydrogen-bond donors (Lipinski definition) is 1. The van der Waals surface area contributed by atoms with Gasteiger partial charge in [0.1, 0.15) is 0 Å². The number of amides is 1. The summed E-state index contributed by atoms with van der Waals surface area (Å²) in [6.45, 7) is 4.11. The lowest BCUT2D eigenvalue weighted by molar-refractivity contribution is 0.0931. The Bertz CT molecular complexity index is 999. The SMILES string of the molecule is Cc1ccc(-c2nc3ccccc3c(C(=O)NC3CCCCCCC3)c2C)cc1. The number of nitrogens with one attached hydrogen (secondary N) is 1. The third-order valence-electron chi connectivity index (χ3n) is 6.13. The summed E-state index contributed by atoms with van der Waals surface area (Å²) in [6.07, 6.45) is 8.46. The Morgan fingerprint density at radius 3 is 2.28 bits per heavy atom. The molecular weight excluding hydrogens is 356 g/mol. The summed E-state index contributed by atoms with van der Waals surface area (Å²) in [7, 11) is 0. The van der Waals surface area contributed by atoms with E-state index in [0.717, 1.165) is 46.1 Å². The number of aryl methyl sites for hydroxylation is 1. The van der Waals surface area contributed by atoms with Gasteiger partial charge in [-0.25, -0.2) is 4.98 Å². The first-order chi connectivity index (χ1) is 14.1. The molecule has 1 saturated carbocycles. The number of aromatic nitrogens is 1. The molecule has 2 aromatic carbocycles. The first-order valence-corrected chi connectivity index (χ1v) is 10.9. The van der Waals surface area contributed by atoms with Gasteiger partial charge in [-0.1, -0.05) is 80.1 Å². The molecule has 1 aliphatic carbocycles. The molecule has 0 atom stereocenters. The third kappa shape index (κ3) is 4.34. The van der Waals surface area contributed by atoms with E-state index in [9.17, 15) is 4.79 Å². The quantitative estimate of drug-likeness (QED) is 0.569. The first-order valence-electron chi connectivity index (χ1n) is 10.9. The lowest BCUT2D eigenvalue weighted by Gasteiger charge is -2.22. The van der Waals surface area contributed by atoms with Crippen LogP contribution < -0.4 is 5.32 Å². The van der Waals surface area contributed by atoms with Gasteiger partial charge in [0.05, 0.1) is 16.8 Å². The number of fused-ring (bicyclic) bond motifs is 1. The number of carbonyl (C=O) groups excluding carboxylic acids is 1. The molecule has 3 aromatic rings. The van der Waals surface area contributed by atoms with Gasteiger partial charge in [-0.15, -0.1) is 0 Å². The topological polar surface area (TPSA) is 42.0 Å². The molecule has 3 heteroatoms. The molecule has 0 spiro atoms. The largest absolute Gasteiger partial charge is 0.349 e. The van der Waals surface area contributed by atoms with Crippen molar-refractivity contribution in [2.75, 3.05) is 0 Å². The van der Waals surface area contributed by atoms with Gasteiger partial charge in [-0.2, -0.15) is 0 Å². The Morgan fingerprint density at radius 2 is 1.55 bits per heavy atom. The molecule has 0 unspecified atom stereocenters. The van der Waals surface area contributed by atoms with E-state index in [-0.39, 0.29) is 11.9 Å². The van der Waals surface area contributed by atoms with E-state index >= 15 is 0 Å². The lowest BCUT2D eigenvalue weighted by atomic mass is 9.94. The fraction of sp³-hybridized carbons (Fsp3) is 0.385. The fourth-order valence-electron chi connectivity index (χ4n) is 4.45. The summed E-state index contributed by atoms with van der Waals surface area (Å²) in [4.78, 5) is 18.4. The van der Waals surface area contributed by atoms with E-state index in [0.29, 0.717) is 0 Å². The van der Waals surface area contributed by atoms with Gasteiger partial charge < -0.3 is 5.32 Å². The maximum atomic E-state index is 13.4. The summed E-state index contributed by atoms with van der Waals surface area (Å²) >= 11 is 0. The van der Waals surface area contributed by atoms with E-state index in [2.05, 4.69) is 36.5 Å². The summed E-state index contributed by atoms with van der Waals surface area (Å²) in [5.74, 6) is 0.0417. The zero-order chi connectivity index (χ0) is 20.2. The highest BCUT2D eigenvalue weighted by Gasteiger charge is 2.21. The third-order valence-corrected chi connectivity index (χ3v) is 6.13. The van der Waals surface area contributed by atoms with Crippen molar-refractivity contribution in [2.45, 2.75) is 64.8 Å². The standard InChI is InChI=1S/C26H30N2O/c1-18-14-16-20(17-15-18)25-19(2)24(22-12-8-9-13-23(22)28-25)26(29)27-21-10-6-4-3-5-7-11-21/h8-9,12-17,21H,3-7,10-11H2,1-2H3,(H,27,29). The van der Waals surface area contributed by atoms with E-state index in [1.807, 2.05) is 31.2 Å². The van der Waals surface area contributed by atoms with Gasteiger partial charge in [0, 0.05) is 17.0 Å². The molecular formula is C26H30N2O. The molecule has 1 amide bonds. The van der Waals surface area contributed by atoms with Crippen molar-refractivity contribution in [3.8, 4) is 11.3 Å². The molecule has 1 fully saturated rings. The molecule has 1 N–H and O–H groups in total. The highest BCUT2D eigenvalue weighted by atomic mass is 16.1. The first kappa shape index (κ1) is 19.6. The predicted octanol–water partition coefficient (Wildman–Crippen LogP) is 6.36. The maximum Gasteiger partial charge on any atom is 0.252 e. The Hall–Kier alpha value is -2.68. The number of pyridine rings is 1. The number of benzene rings is 2. The molecule has 1 aromatic heterocycles. The van der Waals surface area contributed by atoms with Gasteiger partial charge in [0.15, 0.2) is 0 Å². The van der Waals surface area contributed by atoms with Crippen molar-refractivity contribution in [1.82, 2.24) is 10.3 Å². The molecule has 3 nitrogen and oxygen atoms in total. The number of rotatable bonds is 3. The minimum Gasteiger partial charge on any atom is -0.349 e. The molecule has 4 rings (SSSR count). The molecule has 1 aliphatic rings. The van der Waals surface area contributed by atoms with Crippen LogP contribution in [0, 0.1) is 13.8 Å².